The quantitative estimate of drug-likeness (QED) is 0.685. The average Bonchev–Trinajstić information content (AvgIpc) is 2.96. The second-order valence-electron chi connectivity index (χ2n) is 6.56. The van der Waals surface area contributed by atoms with Crippen LogP contribution in [-0.2, 0) is 6.42 Å². The Kier molecular flexibility index (Phi) is 2.93. The summed E-state index contributed by atoms with van der Waals surface area (Å²) in [6, 6.07) is 8.04. The van der Waals surface area contributed by atoms with E-state index in [1.807, 2.05) is 12.1 Å². The summed E-state index contributed by atoms with van der Waals surface area (Å²) in [5.41, 5.74) is 4.57. The van der Waals surface area contributed by atoms with Crippen molar-refractivity contribution < 1.29 is 4.42 Å². The third-order valence-corrected chi connectivity index (χ3v) is 3.32. The Morgan fingerprint density at radius 1 is 1.20 bits per heavy atom. The van der Waals surface area contributed by atoms with Crippen LogP contribution in [0.4, 0.5) is 0 Å². The van der Waals surface area contributed by atoms with Crippen molar-refractivity contribution in [3.63, 3.8) is 0 Å². The highest BCUT2D eigenvalue weighted by Gasteiger charge is 2.21. The van der Waals surface area contributed by atoms with Crippen molar-refractivity contribution >= 4 is 5.65 Å². The molecule has 0 unspecified atom stereocenters. The van der Waals surface area contributed by atoms with Crippen molar-refractivity contribution in [2.75, 3.05) is 0 Å². The molecule has 0 amide bonds. The first-order valence-electron chi connectivity index (χ1n) is 6.95. The molecule has 3 nitrogen and oxygen atoms in total. The third kappa shape index (κ3) is 2.36. The summed E-state index contributed by atoms with van der Waals surface area (Å²) in [5.74, 6) is 0.839. The summed E-state index contributed by atoms with van der Waals surface area (Å²) >= 11 is 0. The highest BCUT2D eigenvalue weighted by molar-refractivity contribution is 5.62. The van der Waals surface area contributed by atoms with Crippen LogP contribution in [0.1, 0.15) is 32.0 Å². The van der Waals surface area contributed by atoms with Crippen LogP contribution in [0.25, 0.3) is 17.1 Å². The zero-order valence-corrected chi connectivity index (χ0v) is 12.5. The molecule has 3 rings (SSSR count). The van der Waals surface area contributed by atoms with Gasteiger partial charge in [-0.15, -0.1) is 0 Å². The minimum atomic E-state index is 0.195. The Labute approximate surface area is 119 Å². The second-order valence-corrected chi connectivity index (χ2v) is 6.56. The number of furan rings is 1. The van der Waals surface area contributed by atoms with Gasteiger partial charge in [0.15, 0.2) is 5.76 Å². The fraction of sp³-hybridized carbons (Fsp3) is 0.353. The minimum absolute atomic E-state index is 0.195. The van der Waals surface area contributed by atoms with Gasteiger partial charge in [-0.1, -0.05) is 26.8 Å². The summed E-state index contributed by atoms with van der Waals surface area (Å²) in [6.07, 6.45) is 4.80. The van der Waals surface area contributed by atoms with Gasteiger partial charge in [-0.2, -0.15) is 0 Å². The van der Waals surface area contributed by atoms with E-state index in [-0.39, 0.29) is 5.41 Å². The van der Waals surface area contributed by atoms with E-state index < -0.39 is 0 Å². The van der Waals surface area contributed by atoms with E-state index in [0.29, 0.717) is 0 Å². The Hall–Kier alpha value is -2.03. The van der Waals surface area contributed by atoms with Gasteiger partial charge in [-0.05, 0) is 42.5 Å². The summed E-state index contributed by atoms with van der Waals surface area (Å²) in [5, 5.41) is 0. The van der Waals surface area contributed by atoms with Gasteiger partial charge in [0.25, 0.3) is 0 Å². The lowest BCUT2D eigenvalue weighted by molar-refractivity contribution is 0.405. The average molecular weight is 268 g/mol. The molecule has 0 aliphatic rings. The molecule has 0 saturated heterocycles. The van der Waals surface area contributed by atoms with E-state index in [2.05, 4.69) is 50.4 Å². The van der Waals surface area contributed by atoms with Gasteiger partial charge in [-0.25, -0.2) is 4.98 Å². The number of fused-ring (bicyclic) bond motifs is 1. The normalized spacial score (nSPS) is 12.2. The highest BCUT2D eigenvalue weighted by atomic mass is 16.3. The summed E-state index contributed by atoms with van der Waals surface area (Å²) in [4.78, 5) is 4.75. The fourth-order valence-corrected chi connectivity index (χ4v) is 2.48. The first-order chi connectivity index (χ1) is 9.44. The van der Waals surface area contributed by atoms with Gasteiger partial charge in [0.2, 0.25) is 0 Å². The number of aryl methyl sites for hydroxylation is 1. The van der Waals surface area contributed by atoms with Gasteiger partial charge in [0, 0.05) is 6.20 Å². The predicted octanol–water partition coefficient (Wildman–Crippen LogP) is 4.49. The Morgan fingerprint density at radius 3 is 2.65 bits per heavy atom. The highest BCUT2D eigenvalue weighted by Crippen LogP contribution is 2.30. The maximum Gasteiger partial charge on any atom is 0.154 e. The van der Waals surface area contributed by atoms with Crippen molar-refractivity contribution in [1.82, 2.24) is 9.38 Å². The lowest BCUT2D eigenvalue weighted by Gasteiger charge is -2.18. The molecule has 0 fully saturated rings. The van der Waals surface area contributed by atoms with Crippen molar-refractivity contribution in [3.8, 4) is 11.5 Å². The summed E-state index contributed by atoms with van der Waals surface area (Å²) in [7, 11) is 0. The molecule has 3 heterocycles. The molecule has 0 bridgehead atoms. The molecular weight excluding hydrogens is 248 g/mol. The third-order valence-electron chi connectivity index (χ3n) is 3.32. The van der Waals surface area contributed by atoms with Crippen LogP contribution in [0.2, 0.25) is 0 Å². The summed E-state index contributed by atoms with van der Waals surface area (Å²) < 4.78 is 7.75. The maximum atomic E-state index is 5.56. The zero-order chi connectivity index (χ0) is 14.3. The van der Waals surface area contributed by atoms with Gasteiger partial charge < -0.3 is 8.82 Å². The topological polar surface area (TPSA) is 30.4 Å². The van der Waals surface area contributed by atoms with Crippen LogP contribution in [0, 0.1) is 12.3 Å². The molecule has 0 spiro atoms. The number of hydrogen-bond acceptors (Lipinski definition) is 2. The van der Waals surface area contributed by atoms with Crippen LogP contribution in [0.3, 0.4) is 0 Å². The lowest BCUT2D eigenvalue weighted by Crippen LogP contribution is -2.11. The molecule has 20 heavy (non-hydrogen) atoms. The van der Waals surface area contributed by atoms with E-state index in [0.717, 1.165) is 23.5 Å². The number of rotatable bonds is 2. The van der Waals surface area contributed by atoms with Crippen LogP contribution in [0.5, 0.6) is 0 Å². The Balaban J connectivity index is 2.25. The van der Waals surface area contributed by atoms with Gasteiger partial charge >= 0.3 is 0 Å². The van der Waals surface area contributed by atoms with Crippen LogP contribution in [-0.4, -0.2) is 9.38 Å². The second kappa shape index (κ2) is 4.51. The van der Waals surface area contributed by atoms with E-state index in [4.69, 9.17) is 9.40 Å². The van der Waals surface area contributed by atoms with Gasteiger partial charge in [0.05, 0.1) is 12.0 Å². The van der Waals surface area contributed by atoms with E-state index >= 15 is 0 Å². The smallest absolute Gasteiger partial charge is 0.154 e. The van der Waals surface area contributed by atoms with E-state index in [9.17, 15) is 0 Å². The van der Waals surface area contributed by atoms with Gasteiger partial charge in [-0.3, -0.25) is 0 Å². The molecule has 0 aliphatic carbocycles. The summed E-state index contributed by atoms with van der Waals surface area (Å²) in [6.45, 7) is 8.84. The molecule has 3 heteroatoms. The van der Waals surface area contributed by atoms with Gasteiger partial charge in [0.1, 0.15) is 11.3 Å². The number of pyridine rings is 1. The minimum Gasteiger partial charge on any atom is -0.463 e. The molecule has 0 aromatic carbocycles. The molecule has 0 saturated carbocycles. The van der Waals surface area contributed by atoms with Crippen molar-refractivity contribution in [2.24, 2.45) is 5.41 Å². The first-order valence-corrected chi connectivity index (χ1v) is 6.95. The van der Waals surface area contributed by atoms with Crippen molar-refractivity contribution in [2.45, 2.75) is 34.1 Å². The molecule has 104 valence electrons. The maximum absolute atomic E-state index is 5.56. The number of hydrogen-bond donors (Lipinski definition) is 0. The van der Waals surface area contributed by atoms with Crippen LogP contribution < -0.4 is 0 Å². The molecule has 0 aliphatic heterocycles. The number of aromatic nitrogens is 2. The first kappa shape index (κ1) is 13.0. The van der Waals surface area contributed by atoms with E-state index in [1.165, 1.54) is 11.3 Å². The largest absolute Gasteiger partial charge is 0.463 e. The SMILES string of the molecule is Cc1ccc2nc(-c3ccco3)c(CC(C)(C)C)n2c1. The van der Waals surface area contributed by atoms with E-state index in [1.54, 1.807) is 6.26 Å². The van der Waals surface area contributed by atoms with Crippen LogP contribution in [0.15, 0.2) is 41.1 Å². The fourth-order valence-electron chi connectivity index (χ4n) is 2.48. The lowest BCUT2D eigenvalue weighted by atomic mass is 9.89. The molecule has 0 atom stereocenters. The Bertz CT molecular complexity index is 730. The van der Waals surface area contributed by atoms with Crippen molar-refractivity contribution in [1.29, 1.82) is 0 Å². The molecule has 3 aromatic heterocycles. The molecule has 3 aromatic rings. The molecule has 0 N–H and O–H groups in total. The van der Waals surface area contributed by atoms with Crippen LogP contribution >= 0.6 is 0 Å². The number of imidazole rings is 1. The standard InChI is InChI=1S/C17H20N2O/c1-12-7-8-15-18-16(14-6-5-9-20-14)13(19(15)11-12)10-17(2,3)4/h5-9,11H,10H2,1-4H3. The molecule has 0 radical (unpaired) electrons. The van der Waals surface area contributed by atoms with Crippen molar-refractivity contribution in [3.05, 3.63) is 48.0 Å². The predicted molar refractivity (Wildman–Crippen MR) is 80.8 cm³/mol. The zero-order valence-electron chi connectivity index (χ0n) is 12.5. The monoisotopic (exact) mass is 268 g/mol. The number of nitrogens with zero attached hydrogens (tertiary/aromatic N) is 2. The Morgan fingerprint density at radius 2 is 2.00 bits per heavy atom. The molecular formula is C17H20N2O.